The molecule has 1 amide bonds. The molecule has 4 rings (SSSR count). The summed E-state index contributed by atoms with van der Waals surface area (Å²) in [5.41, 5.74) is 1.83. The van der Waals surface area contributed by atoms with Gasteiger partial charge in [0.15, 0.2) is 5.75 Å². The van der Waals surface area contributed by atoms with Crippen molar-refractivity contribution in [2.45, 2.75) is 19.4 Å². The van der Waals surface area contributed by atoms with Crippen LogP contribution >= 0.6 is 27.5 Å². The van der Waals surface area contributed by atoms with E-state index in [0.29, 0.717) is 22.2 Å². The van der Waals surface area contributed by atoms with Gasteiger partial charge in [0.05, 0.1) is 11.6 Å². The number of anilines is 1. The Hall–Kier alpha value is -2.34. The summed E-state index contributed by atoms with van der Waals surface area (Å²) in [6, 6.07) is 23.1. The van der Waals surface area contributed by atoms with Crippen LogP contribution in [0.5, 0.6) is 11.5 Å². The average Bonchev–Trinajstić information content (AvgIpc) is 2.76. The van der Waals surface area contributed by atoms with Gasteiger partial charge in [-0.1, -0.05) is 57.9 Å². The summed E-state index contributed by atoms with van der Waals surface area (Å²) in [6.45, 7) is 2.56. The lowest BCUT2D eigenvalue weighted by molar-refractivity contribution is -0.121. The van der Waals surface area contributed by atoms with Crippen molar-refractivity contribution in [1.29, 1.82) is 0 Å². The van der Waals surface area contributed by atoms with E-state index in [4.69, 9.17) is 16.3 Å². The fourth-order valence-corrected chi connectivity index (χ4v) is 4.46. The number of ether oxygens (including phenoxy) is 1. The quantitative estimate of drug-likeness (QED) is 0.408. The number of amides is 1. The van der Waals surface area contributed by atoms with Crippen molar-refractivity contribution in [2.75, 3.05) is 18.4 Å². The number of nitrogens with zero attached hydrogens (tertiary/aromatic N) is 1. The van der Waals surface area contributed by atoms with Crippen LogP contribution in [0.2, 0.25) is 5.02 Å². The summed E-state index contributed by atoms with van der Waals surface area (Å²) in [5.74, 6) is 1.20. The number of rotatable bonds is 6. The van der Waals surface area contributed by atoms with E-state index in [-0.39, 0.29) is 11.8 Å². The topological polar surface area (TPSA) is 41.6 Å². The molecule has 0 aromatic heterocycles. The molecule has 1 heterocycles. The number of piperidine rings is 1. The van der Waals surface area contributed by atoms with Crippen LogP contribution in [0.1, 0.15) is 18.4 Å². The van der Waals surface area contributed by atoms with Crippen LogP contribution in [0.25, 0.3) is 0 Å². The Labute approximate surface area is 196 Å². The van der Waals surface area contributed by atoms with Crippen molar-refractivity contribution in [3.63, 3.8) is 0 Å². The SMILES string of the molecule is O=C(Nc1cc(Cl)ccc1Oc1ccccc1)C1CCCN(Cc2cccc(Br)c2)C1. The van der Waals surface area contributed by atoms with E-state index in [2.05, 4.69) is 38.3 Å². The number of hydrogen-bond donors (Lipinski definition) is 1. The molecule has 0 bridgehead atoms. The summed E-state index contributed by atoms with van der Waals surface area (Å²) in [7, 11) is 0. The first-order chi connectivity index (χ1) is 15.1. The summed E-state index contributed by atoms with van der Waals surface area (Å²) >= 11 is 9.73. The molecule has 0 aliphatic carbocycles. The zero-order chi connectivity index (χ0) is 21.6. The molecule has 3 aromatic rings. The molecule has 160 valence electrons. The van der Waals surface area contributed by atoms with Crippen molar-refractivity contribution < 1.29 is 9.53 Å². The molecule has 0 spiro atoms. The second-order valence-electron chi connectivity index (χ2n) is 7.75. The van der Waals surface area contributed by atoms with E-state index in [1.807, 2.05) is 42.5 Å². The first-order valence-electron chi connectivity index (χ1n) is 10.4. The van der Waals surface area contributed by atoms with E-state index >= 15 is 0 Å². The lowest BCUT2D eigenvalue weighted by Crippen LogP contribution is -2.40. The first kappa shape index (κ1) is 21.9. The number of nitrogens with one attached hydrogen (secondary N) is 1. The Bertz CT molecular complexity index is 1040. The Morgan fingerprint density at radius 1 is 1.10 bits per heavy atom. The summed E-state index contributed by atoms with van der Waals surface area (Å²) < 4.78 is 7.05. The van der Waals surface area contributed by atoms with Crippen LogP contribution in [0.15, 0.2) is 77.3 Å². The molecule has 0 saturated carbocycles. The highest BCUT2D eigenvalue weighted by Gasteiger charge is 2.26. The molecule has 1 fully saturated rings. The summed E-state index contributed by atoms with van der Waals surface area (Å²) in [6.07, 6.45) is 1.87. The lowest BCUT2D eigenvalue weighted by atomic mass is 9.96. The minimum absolute atomic E-state index is 0.000814. The summed E-state index contributed by atoms with van der Waals surface area (Å²) in [4.78, 5) is 15.4. The third kappa shape index (κ3) is 6.10. The molecule has 1 N–H and O–H groups in total. The first-order valence-corrected chi connectivity index (χ1v) is 11.5. The van der Waals surface area contributed by atoms with Gasteiger partial charge in [0.25, 0.3) is 0 Å². The minimum atomic E-state index is -0.0792. The molecular weight excluding hydrogens is 476 g/mol. The molecule has 4 nitrogen and oxygen atoms in total. The van der Waals surface area contributed by atoms with Gasteiger partial charge in [-0.25, -0.2) is 0 Å². The maximum atomic E-state index is 13.1. The van der Waals surface area contributed by atoms with Gasteiger partial charge in [0.1, 0.15) is 5.75 Å². The van der Waals surface area contributed by atoms with E-state index in [1.54, 1.807) is 18.2 Å². The van der Waals surface area contributed by atoms with Crippen molar-refractivity contribution in [3.05, 3.63) is 87.9 Å². The maximum Gasteiger partial charge on any atom is 0.228 e. The fraction of sp³-hybridized carbons (Fsp3) is 0.240. The highest BCUT2D eigenvalue weighted by molar-refractivity contribution is 9.10. The largest absolute Gasteiger partial charge is 0.455 e. The van der Waals surface area contributed by atoms with Gasteiger partial charge < -0.3 is 10.1 Å². The Balaban J connectivity index is 1.43. The van der Waals surface area contributed by atoms with Crippen LogP contribution in [-0.2, 0) is 11.3 Å². The highest BCUT2D eigenvalue weighted by atomic mass is 79.9. The van der Waals surface area contributed by atoms with Crippen molar-refractivity contribution in [1.82, 2.24) is 4.90 Å². The molecule has 1 saturated heterocycles. The Kier molecular flexibility index (Phi) is 7.28. The van der Waals surface area contributed by atoms with Crippen LogP contribution in [-0.4, -0.2) is 23.9 Å². The van der Waals surface area contributed by atoms with Crippen molar-refractivity contribution in [2.24, 2.45) is 5.92 Å². The molecular formula is C25H24BrClN2O2. The second kappa shape index (κ2) is 10.3. The number of carbonyl (C=O) groups is 1. The molecule has 6 heteroatoms. The predicted molar refractivity (Wildman–Crippen MR) is 129 cm³/mol. The van der Waals surface area contributed by atoms with E-state index < -0.39 is 0 Å². The van der Waals surface area contributed by atoms with Crippen LogP contribution in [0.3, 0.4) is 0 Å². The lowest BCUT2D eigenvalue weighted by Gasteiger charge is -2.32. The number of carbonyl (C=O) groups excluding carboxylic acids is 1. The van der Waals surface area contributed by atoms with Gasteiger partial charge >= 0.3 is 0 Å². The summed E-state index contributed by atoms with van der Waals surface area (Å²) in [5, 5.41) is 3.60. The molecule has 1 aliphatic heterocycles. The van der Waals surface area contributed by atoms with Gasteiger partial charge in [-0.3, -0.25) is 9.69 Å². The van der Waals surface area contributed by atoms with Gasteiger partial charge in [0, 0.05) is 22.6 Å². The number of hydrogen-bond acceptors (Lipinski definition) is 3. The molecule has 1 unspecified atom stereocenters. The monoisotopic (exact) mass is 498 g/mol. The Morgan fingerprint density at radius 2 is 1.94 bits per heavy atom. The average molecular weight is 500 g/mol. The van der Waals surface area contributed by atoms with Crippen LogP contribution in [0, 0.1) is 5.92 Å². The third-order valence-electron chi connectivity index (χ3n) is 5.34. The van der Waals surface area contributed by atoms with Crippen molar-refractivity contribution >= 4 is 39.1 Å². The standard InChI is InChI=1S/C25H24BrClN2O2/c26-20-8-4-6-18(14-20)16-29-13-5-7-19(17-29)25(30)28-23-15-21(27)11-12-24(23)31-22-9-2-1-3-10-22/h1-4,6,8-12,14-15,19H,5,7,13,16-17H2,(H,28,30). The van der Waals surface area contributed by atoms with Crippen molar-refractivity contribution in [3.8, 4) is 11.5 Å². The predicted octanol–water partition coefficient (Wildman–Crippen LogP) is 6.75. The number of likely N-dealkylation sites (tertiary alicyclic amines) is 1. The molecule has 0 radical (unpaired) electrons. The van der Waals surface area contributed by atoms with E-state index in [0.717, 1.165) is 36.9 Å². The fourth-order valence-electron chi connectivity index (χ4n) is 3.85. The van der Waals surface area contributed by atoms with Crippen LogP contribution in [0.4, 0.5) is 5.69 Å². The molecule has 31 heavy (non-hydrogen) atoms. The molecule has 3 aromatic carbocycles. The van der Waals surface area contributed by atoms with E-state index in [1.165, 1.54) is 5.56 Å². The van der Waals surface area contributed by atoms with Gasteiger partial charge in [-0.05, 0) is 67.4 Å². The molecule has 1 atom stereocenters. The third-order valence-corrected chi connectivity index (χ3v) is 6.07. The zero-order valence-corrected chi connectivity index (χ0v) is 19.4. The van der Waals surface area contributed by atoms with Gasteiger partial charge in [-0.15, -0.1) is 0 Å². The highest BCUT2D eigenvalue weighted by Crippen LogP contribution is 2.33. The van der Waals surface area contributed by atoms with E-state index in [9.17, 15) is 4.79 Å². The normalized spacial score (nSPS) is 16.6. The smallest absolute Gasteiger partial charge is 0.228 e. The second-order valence-corrected chi connectivity index (χ2v) is 9.10. The molecule has 1 aliphatic rings. The zero-order valence-electron chi connectivity index (χ0n) is 17.1. The number of benzene rings is 3. The minimum Gasteiger partial charge on any atom is -0.455 e. The number of para-hydroxylation sites is 1. The Morgan fingerprint density at radius 3 is 2.74 bits per heavy atom. The van der Waals surface area contributed by atoms with Gasteiger partial charge in [0.2, 0.25) is 5.91 Å². The van der Waals surface area contributed by atoms with Crippen LogP contribution < -0.4 is 10.1 Å². The van der Waals surface area contributed by atoms with Gasteiger partial charge in [-0.2, -0.15) is 0 Å². The number of halogens is 2. The maximum absolute atomic E-state index is 13.1.